The number of carbonyl (C=O) groups excluding carboxylic acids is 1. The van der Waals surface area contributed by atoms with Crippen molar-refractivity contribution in [3.05, 3.63) is 29.3 Å². The lowest BCUT2D eigenvalue weighted by atomic mass is 10.1. The summed E-state index contributed by atoms with van der Waals surface area (Å²) >= 11 is 1.51. The number of carboxylic acids is 1. The molecule has 0 bridgehead atoms. The molecule has 1 saturated heterocycles. The standard InChI is InChI=1S/C14H14N2O4S/c17-13(18)7-9-3-1-5-16(9)14(19)10-8-11(20-15-10)12-4-2-6-21-12/h2,4,6,8-9H,1,3,5,7H2,(H,17,18). The molecule has 1 fully saturated rings. The highest BCUT2D eigenvalue weighted by Crippen LogP contribution is 2.27. The van der Waals surface area contributed by atoms with Crippen molar-refractivity contribution in [1.29, 1.82) is 0 Å². The van der Waals surface area contributed by atoms with Gasteiger partial charge in [-0.1, -0.05) is 11.2 Å². The lowest BCUT2D eigenvalue weighted by Crippen LogP contribution is -2.37. The first-order chi connectivity index (χ1) is 10.1. The highest BCUT2D eigenvalue weighted by atomic mass is 32.1. The van der Waals surface area contributed by atoms with Gasteiger partial charge in [0.05, 0.1) is 11.3 Å². The van der Waals surface area contributed by atoms with Crippen molar-refractivity contribution in [1.82, 2.24) is 10.1 Å². The van der Waals surface area contributed by atoms with E-state index in [0.717, 1.165) is 11.3 Å². The second-order valence-corrected chi connectivity index (χ2v) is 5.89. The molecule has 0 aliphatic carbocycles. The largest absolute Gasteiger partial charge is 0.481 e. The monoisotopic (exact) mass is 306 g/mol. The smallest absolute Gasteiger partial charge is 0.305 e. The average molecular weight is 306 g/mol. The van der Waals surface area contributed by atoms with Gasteiger partial charge in [-0.25, -0.2) is 0 Å². The summed E-state index contributed by atoms with van der Waals surface area (Å²) in [7, 11) is 0. The Morgan fingerprint density at radius 1 is 1.52 bits per heavy atom. The number of amides is 1. The summed E-state index contributed by atoms with van der Waals surface area (Å²) in [6.45, 7) is 0.567. The maximum absolute atomic E-state index is 12.4. The molecule has 2 aromatic rings. The molecule has 0 radical (unpaired) electrons. The number of hydrogen-bond acceptors (Lipinski definition) is 5. The van der Waals surface area contributed by atoms with E-state index in [2.05, 4.69) is 5.16 Å². The van der Waals surface area contributed by atoms with Crippen molar-refractivity contribution in [2.24, 2.45) is 0 Å². The van der Waals surface area contributed by atoms with Crippen LogP contribution in [0.25, 0.3) is 10.6 Å². The minimum Gasteiger partial charge on any atom is -0.481 e. The van der Waals surface area contributed by atoms with E-state index in [1.165, 1.54) is 11.3 Å². The Hall–Kier alpha value is -2.15. The molecule has 1 unspecified atom stereocenters. The van der Waals surface area contributed by atoms with Crippen LogP contribution >= 0.6 is 11.3 Å². The maximum atomic E-state index is 12.4. The van der Waals surface area contributed by atoms with Gasteiger partial charge in [0.1, 0.15) is 0 Å². The third-order valence-electron chi connectivity index (χ3n) is 3.54. The van der Waals surface area contributed by atoms with Crippen LogP contribution in [0.15, 0.2) is 28.1 Å². The van der Waals surface area contributed by atoms with E-state index in [1.54, 1.807) is 11.0 Å². The Morgan fingerprint density at radius 3 is 3.10 bits per heavy atom. The fourth-order valence-corrected chi connectivity index (χ4v) is 3.25. The number of carboxylic acid groups (broad SMARTS) is 1. The number of aliphatic carboxylic acids is 1. The number of carbonyl (C=O) groups is 2. The number of rotatable bonds is 4. The molecule has 0 spiro atoms. The minimum atomic E-state index is -0.890. The van der Waals surface area contributed by atoms with Gasteiger partial charge in [-0.05, 0) is 24.3 Å². The van der Waals surface area contributed by atoms with Gasteiger partial charge in [-0.2, -0.15) is 0 Å². The summed E-state index contributed by atoms with van der Waals surface area (Å²) in [6, 6.07) is 5.15. The SMILES string of the molecule is O=C(O)CC1CCCN1C(=O)c1cc(-c2cccs2)on1. The quantitative estimate of drug-likeness (QED) is 0.938. The van der Waals surface area contributed by atoms with Crippen LogP contribution in [-0.4, -0.2) is 39.6 Å². The van der Waals surface area contributed by atoms with Crippen molar-refractivity contribution in [3.63, 3.8) is 0 Å². The van der Waals surface area contributed by atoms with Crippen LogP contribution in [0.3, 0.4) is 0 Å². The molecule has 0 aromatic carbocycles. The van der Waals surface area contributed by atoms with E-state index >= 15 is 0 Å². The third-order valence-corrected chi connectivity index (χ3v) is 4.43. The number of hydrogen-bond donors (Lipinski definition) is 1. The van der Waals surface area contributed by atoms with Crippen molar-refractivity contribution < 1.29 is 19.2 Å². The van der Waals surface area contributed by atoms with E-state index in [-0.39, 0.29) is 24.1 Å². The number of thiophene rings is 1. The molecule has 6 nitrogen and oxygen atoms in total. The second kappa shape index (κ2) is 5.69. The van der Waals surface area contributed by atoms with E-state index in [9.17, 15) is 9.59 Å². The summed E-state index contributed by atoms with van der Waals surface area (Å²) in [5.74, 6) is -0.591. The van der Waals surface area contributed by atoms with Crippen LogP contribution in [0.4, 0.5) is 0 Å². The number of aromatic nitrogens is 1. The van der Waals surface area contributed by atoms with Gasteiger partial charge in [0.2, 0.25) is 0 Å². The zero-order valence-corrected chi connectivity index (χ0v) is 12.0. The first-order valence-corrected chi connectivity index (χ1v) is 7.56. The first-order valence-electron chi connectivity index (χ1n) is 6.68. The molecule has 1 atom stereocenters. The van der Waals surface area contributed by atoms with Gasteiger partial charge in [-0.3, -0.25) is 9.59 Å². The Kier molecular flexibility index (Phi) is 3.74. The molecule has 0 saturated carbocycles. The summed E-state index contributed by atoms with van der Waals surface area (Å²) in [5.41, 5.74) is 0.232. The Bertz CT molecular complexity index is 650. The molecule has 3 rings (SSSR count). The zero-order chi connectivity index (χ0) is 14.8. The van der Waals surface area contributed by atoms with Crippen LogP contribution < -0.4 is 0 Å². The van der Waals surface area contributed by atoms with Crippen molar-refractivity contribution in [2.45, 2.75) is 25.3 Å². The molecule has 1 aliphatic rings. The topological polar surface area (TPSA) is 83.6 Å². The first kappa shape index (κ1) is 13.8. The highest BCUT2D eigenvalue weighted by molar-refractivity contribution is 7.13. The summed E-state index contributed by atoms with van der Waals surface area (Å²) in [5, 5.41) is 14.6. The Balaban J connectivity index is 1.77. The maximum Gasteiger partial charge on any atom is 0.305 e. The second-order valence-electron chi connectivity index (χ2n) is 4.95. The van der Waals surface area contributed by atoms with E-state index in [1.807, 2.05) is 17.5 Å². The predicted molar refractivity (Wildman–Crippen MR) is 76.1 cm³/mol. The lowest BCUT2D eigenvalue weighted by molar-refractivity contribution is -0.137. The molecule has 1 aliphatic heterocycles. The highest BCUT2D eigenvalue weighted by Gasteiger charge is 2.32. The van der Waals surface area contributed by atoms with E-state index < -0.39 is 5.97 Å². The number of nitrogens with zero attached hydrogens (tertiary/aromatic N) is 2. The molecule has 3 heterocycles. The third kappa shape index (κ3) is 2.82. The van der Waals surface area contributed by atoms with Crippen molar-refractivity contribution >= 4 is 23.2 Å². The Morgan fingerprint density at radius 2 is 2.38 bits per heavy atom. The lowest BCUT2D eigenvalue weighted by Gasteiger charge is -2.22. The van der Waals surface area contributed by atoms with Crippen LogP contribution in [0, 0.1) is 0 Å². The molecular weight excluding hydrogens is 292 g/mol. The van der Waals surface area contributed by atoms with Crippen molar-refractivity contribution in [3.8, 4) is 10.6 Å². The van der Waals surface area contributed by atoms with Gasteiger partial charge in [0, 0.05) is 18.7 Å². The molecule has 2 aromatic heterocycles. The van der Waals surface area contributed by atoms with Gasteiger partial charge in [0.25, 0.3) is 5.91 Å². The molecule has 1 N–H and O–H groups in total. The fourth-order valence-electron chi connectivity index (χ4n) is 2.57. The molecule has 1 amide bonds. The molecule has 110 valence electrons. The number of likely N-dealkylation sites (tertiary alicyclic amines) is 1. The van der Waals surface area contributed by atoms with E-state index in [4.69, 9.17) is 9.63 Å². The summed E-state index contributed by atoms with van der Waals surface area (Å²) in [6.07, 6.45) is 1.51. The van der Waals surface area contributed by atoms with Crippen LogP contribution in [0.2, 0.25) is 0 Å². The Labute approximate surface area is 125 Å². The normalized spacial score (nSPS) is 18.1. The fraction of sp³-hybridized carbons (Fsp3) is 0.357. The van der Waals surface area contributed by atoms with Crippen LogP contribution in [-0.2, 0) is 4.79 Å². The molecule has 7 heteroatoms. The van der Waals surface area contributed by atoms with Gasteiger partial charge >= 0.3 is 5.97 Å². The summed E-state index contributed by atoms with van der Waals surface area (Å²) in [4.78, 5) is 25.8. The van der Waals surface area contributed by atoms with Gasteiger partial charge in [-0.15, -0.1) is 11.3 Å². The predicted octanol–water partition coefficient (Wildman–Crippen LogP) is 2.48. The van der Waals surface area contributed by atoms with Crippen LogP contribution in [0.1, 0.15) is 29.8 Å². The van der Waals surface area contributed by atoms with Gasteiger partial charge in [0.15, 0.2) is 11.5 Å². The molecule has 21 heavy (non-hydrogen) atoms. The van der Waals surface area contributed by atoms with E-state index in [0.29, 0.717) is 18.7 Å². The average Bonchev–Trinajstić information content (AvgIpc) is 3.18. The minimum absolute atomic E-state index is 0.0264. The summed E-state index contributed by atoms with van der Waals surface area (Å²) < 4.78 is 5.20. The molecular formula is C14H14N2O4S. The van der Waals surface area contributed by atoms with Crippen LogP contribution in [0.5, 0.6) is 0 Å². The van der Waals surface area contributed by atoms with Gasteiger partial charge < -0.3 is 14.5 Å². The zero-order valence-electron chi connectivity index (χ0n) is 11.2. The van der Waals surface area contributed by atoms with Crippen molar-refractivity contribution in [2.75, 3.05) is 6.54 Å².